The molecule has 130 valence electrons. The van der Waals surface area contributed by atoms with Gasteiger partial charge in [0, 0.05) is 38.8 Å². The van der Waals surface area contributed by atoms with Crippen LogP contribution in [-0.2, 0) is 0 Å². The zero-order valence-corrected chi connectivity index (χ0v) is 13.8. The summed E-state index contributed by atoms with van der Waals surface area (Å²) in [4.78, 5) is 14.9. The van der Waals surface area contributed by atoms with E-state index in [9.17, 15) is 14.5 Å². The van der Waals surface area contributed by atoms with Crippen molar-refractivity contribution in [1.82, 2.24) is 4.90 Å². The summed E-state index contributed by atoms with van der Waals surface area (Å²) in [5.74, 6) is -0.188. The Kier molecular flexibility index (Phi) is 5.40. The van der Waals surface area contributed by atoms with Crippen molar-refractivity contribution in [2.45, 2.75) is 0 Å². The van der Waals surface area contributed by atoms with Gasteiger partial charge in [0.1, 0.15) is 5.82 Å². The van der Waals surface area contributed by atoms with Crippen molar-refractivity contribution in [3.63, 3.8) is 0 Å². The van der Waals surface area contributed by atoms with Crippen molar-refractivity contribution >= 4 is 17.5 Å². The maximum absolute atomic E-state index is 13.8. The normalized spacial score (nSPS) is 15.6. The van der Waals surface area contributed by atoms with Crippen LogP contribution in [0.15, 0.2) is 54.6 Å². The Morgan fingerprint density at radius 1 is 1.04 bits per heavy atom. The fraction of sp³-hybridized carbons (Fsp3) is 0.263. The average Bonchev–Trinajstić information content (AvgIpc) is 2.63. The predicted molar refractivity (Wildman–Crippen MR) is 97.2 cm³/mol. The third-order valence-electron chi connectivity index (χ3n) is 4.36. The first-order valence-electron chi connectivity index (χ1n) is 8.27. The highest BCUT2D eigenvalue weighted by atomic mass is 19.1. The van der Waals surface area contributed by atoms with E-state index in [1.807, 2.05) is 12.1 Å². The van der Waals surface area contributed by atoms with Gasteiger partial charge in [-0.05, 0) is 18.2 Å². The molecule has 3 rings (SSSR count). The van der Waals surface area contributed by atoms with Gasteiger partial charge in [0.15, 0.2) is 0 Å². The molecule has 0 aromatic heterocycles. The molecule has 2 aromatic rings. The summed E-state index contributed by atoms with van der Waals surface area (Å²) in [6.45, 7) is 3.91. The van der Waals surface area contributed by atoms with Crippen LogP contribution in [0.25, 0.3) is 6.08 Å². The van der Waals surface area contributed by atoms with Gasteiger partial charge in [0.25, 0.3) is 5.69 Å². The number of nitro benzene ring substituents is 1. The van der Waals surface area contributed by atoms with E-state index in [0.29, 0.717) is 11.3 Å². The molecule has 5 nitrogen and oxygen atoms in total. The Labute approximate surface area is 146 Å². The lowest BCUT2D eigenvalue weighted by molar-refractivity contribution is -0.385. The van der Waals surface area contributed by atoms with Gasteiger partial charge < -0.3 is 4.90 Å². The largest absolute Gasteiger partial charge is 0.367 e. The van der Waals surface area contributed by atoms with Crippen LogP contribution >= 0.6 is 0 Å². The molecule has 1 aliphatic rings. The second-order valence-corrected chi connectivity index (χ2v) is 5.96. The van der Waals surface area contributed by atoms with Crippen molar-refractivity contribution in [3.05, 3.63) is 76.1 Å². The van der Waals surface area contributed by atoms with E-state index in [2.05, 4.69) is 9.80 Å². The van der Waals surface area contributed by atoms with Crippen LogP contribution in [-0.4, -0.2) is 42.5 Å². The third kappa shape index (κ3) is 4.22. The molecule has 2 aromatic carbocycles. The first kappa shape index (κ1) is 17.1. The number of nitrogens with zero attached hydrogens (tertiary/aromatic N) is 3. The second kappa shape index (κ2) is 7.90. The molecule has 0 saturated carbocycles. The molecular formula is C19H20FN3O2. The Hall–Kier alpha value is -2.73. The van der Waals surface area contributed by atoms with Gasteiger partial charge >= 0.3 is 0 Å². The molecule has 1 saturated heterocycles. The van der Waals surface area contributed by atoms with Gasteiger partial charge in [0.05, 0.1) is 16.2 Å². The minimum atomic E-state index is -0.368. The number of hydrogen-bond donors (Lipinski definition) is 0. The number of halogens is 1. The Bertz CT molecular complexity index is 771. The fourth-order valence-corrected chi connectivity index (χ4v) is 3.00. The second-order valence-electron chi connectivity index (χ2n) is 5.96. The SMILES string of the molecule is O=[N+]([O-])c1ccccc1/C=C/CN1CCN(c2ccccc2F)CC1. The zero-order valence-electron chi connectivity index (χ0n) is 13.8. The van der Waals surface area contributed by atoms with Crippen molar-refractivity contribution in [2.75, 3.05) is 37.6 Å². The molecule has 0 aliphatic carbocycles. The molecule has 0 N–H and O–H groups in total. The van der Waals surface area contributed by atoms with Crippen molar-refractivity contribution < 1.29 is 9.31 Å². The van der Waals surface area contributed by atoms with Crippen molar-refractivity contribution in [3.8, 4) is 0 Å². The van der Waals surface area contributed by atoms with Crippen LogP contribution in [0.3, 0.4) is 0 Å². The monoisotopic (exact) mass is 341 g/mol. The molecule has 0 atom stereocenters. The Balaban J connectivity index is 1.55. The van der Waals surface area contributed by atoms with E-state index in [-0.39, 0.29) is 16.4 Å². The summed E-state index contributed by atoms with van der Waals surface area (Å²) in [7, 11) is 0. The van der Waals surface area contributed by atoms with Gasteiger partial charge in [-0.3, -0.25) is 15.0 Å². The molecule has 0 bridgehead atoms. The molecule has 0 radical (unpaired) electrons. The van der Waals surface area contributed by atoms with E-state index < -0.39 is 0 Å². The fourth-order valence-electron chi connectivity index (χ4n) is 3.00. The predicted octanol–water partition coefficient (Wildman–Crippen LogP) is 3.57. The number of anilines is 1. The quantitative estimate of drug-likeness (QED) is 0.616. The highest BCUT2D eigenvalue weighted by molar-refractivity contribution is 5.60. The minimum absolute atomic E-state index is 0.114. The summed E-state index contributed by atoms with van der Waals surface area (Å²) in [6, 6.07) is 13.5. The highest BCUT2D eigenvalue weighted by Crippen LogP contribution is 2.21. The number of nitro groups is 1. The highest BCUT2D eigenvalue weighted by Gasteiger charge is 2.18. The minimum Gasteiger partial charge on any atom is -0.367 e. The van der Waals surface area contributed by atoms with Gasteiger partial charge in [-0.1, -0.05) is 36.4 Å². The lowest BCUT2D eigenvalue weighted by atomic mass is 10.1. The summed E-state index contributed by atoms with van der Waals surface area (Å²) in [5, 5.41) is 11.0. The topological polar surface area (TPSA) is 49.6 Å². The van der Waals surface area contributed by atoms with Crippen LogP contribution in [0.4, 0.5) is 15.8 Å². The molecule has 0 amide bonds. The van der Waals surface area contributed by atoms with Gasteiger partial charge in [0.2, 0.25) is 0 Å². The maximum atomic E-state index is 13.8. The molecule has 1 aliphatic heterocycles. The first-order chi connectivity index (χ1) is 12.1. The van der Waals surface area contributed by atoms with Crippen LogP contribution in [0, 0.1) is 15.9 Å². The summed E-state index contributed by atoms with van der Waals surface area (Å²) >= 11 is 0. The number of hydrogen-bond acceptors (Lipinski definition) is 4. The number of rotatable bonds is 5. The van der Waals surface area contributed by atoms with E-state index in [1.165, 1.54) is 12.1 Å². The molecular weight excluding hydrogens is 321 g/mol. The van der Waals surface area contributed by atoms with E-state index in [0.717, 1.165) is 32.7 Å². The standard InChI is InChI=1S/C19H20FN3O2/c20-17-8-2-4-10-19(17)22-14-12-21(13-15-22)11-5-7-16-6-1-3-9-18(16)23(24)25/h1-10H,11-15H2/b7-5+. The Morgan fingerprint density at radius 2 is 1.72 bits per heavy atom. The van der Waals surface area contributed by atoms with Crippen molar-refractivity contribution in [1.29, 1.82) is 0 Å². The number of piperazine rings is 1. The lowest BCUT2D eigenvalue weighted by Crippen LogP contribution is -2.46. The first-order valence-corrected chi connectivity index (χ1v) is 8.27. The van der Waals surface area contributed by atoms with Crippen LogP contribution in [0.1, 0.15) is 5.56 Å². The van der Waals surface area contributed by atoms with E-state index in [4.69, 9.17) is 0 Å². The van der Waals surface area contributed by atoms with Gasteiger partial charge in [-0.2, -0.15) is 0 Å². The summed E-state index contributed by atoms with van der Waals surface area (Å²) in [5.41, 5.74) is 1.37. The van der Waals surface area contributed by atoms with Crippen LogP contribution < -0.4 is 4.90 Å². The Morgan fingerprint density at radius 3 is 2.44 bits per heavy atom. The molecule has 1 fully saturated rings. The smallest absolute Gasteiger partial charge is 0.276 e. The van der Waals surface area contributed by atoms with Crippen LogP contribution in [0.2, 0.25) is 0 Å². The summed E-state index contributed by atoms with van der Waals surface area (Å²) in [6.07, 6.45) is 3.74. The van der Waals surface area contributed by atoms with Gasteiger partial charge in [-0.25, -0.2) is 4.39 Å². The molecule has 0 spiro atoms. The molecule has 0 unspecified atom stereocenters. The zero-order chi connectivity index (χ0) is 17.6. The summed E-state index contributed by atoms with van der Waals surface area (Å²) < 4.78 is 13.8. The van der Waals surface area contributed by atoms with Crippen LogP contribution in [0.5, 0.6) is 0 Å². The molecule has 25 heavy (non-hydrogen) atoms. The van der Waals surface area contributed by atoms with E-state index >= 15 is 0 Å². The average molecular weight is 341 g/mol. The lowest BCUT2D eigenvalue weighted by Gasteiger charge is -2.35. The molecule has 6 heteroatoms. The molecule has 1 heterocycles. The maximum Gasteiger partial charge on any atom is 0.276 e. The number of para-hydroxylation sites is 2. The number of benzene rings is 2. The van der Waals surface area contributed by atoms with Crippen molar-refractivity contribution in [2.24, 2.45) is 0 Å². The van der Waals surface area contributed by atoms with Gasteiger partial charge in [-0.15, -0.1) is 0 Å². The van der Waals surface area contributed by atoms with E-state index in [1.54, 1.807) is 36.4 Å². The third-order valence-corrected chi connectivity index (χ3v) is 4.36.